The van der Waals surface area contributed by atoms with E-state index in [9.17, 15) is 4.79 Å². The number of benzene rings is 2. The van der Waals surface area contributed by atoms with E-state index < -0.39 is 0 Å². The van der Waals surface area contributed by atoms with Crippen LogP contribution in [0.5, 0.6) is 5.75 Å². The van der Waals surface area contributed by atoms with Gasteiger partial charge in [0.25, 0.3) is 5.91 Å². The van der Waals surface area contributed by atoms with Gasteiger partial charge in [-0.3, -0.25) is 4.79 Å². The minimum Gasteiger partial charge on any atom is -0.484 e. The summed E-state index contributed by atoms with van der Waals surface area (Å²) in [5.41, 5.74) is 2.87. The first-order chi connectivity index (χ1) is 12.5. The van der Waals surface area contributed by atoms with Crippen LogP contribution in [0, 0.1) is 12.8 Å². The number of nitrogens with zero attached hydrogens (tertiary/aromatic N) is 1. The third-order valence-electron chi connectivity index (χ3n) is 4.75. The van der Waals surface area contributed by atoms with E-state index in [1.165, 1.54) is 12.8 Å². The third-order valence-corrected chi connectivity index (χ3v) is 5.05. The first-order valence-corrected chi connectivity index (χ1v) is 9.43. The summed E-state index contributed by atoms with van der Waals surface area (Å²) in [6, 6.07) is 13.3. The molecule has 0 unspecified atom stereocenters. The van der Waals surface area contributed by atoms with Crippen LogP contribution < -0.4 is 15.0 Å². The second-order valence-electron chi connectivity index (χ2n) is 6.99. The van der Waals surface area contributed by atoms with E-state index in [1.807, 2.05) is 43.3 Å². The van der Waals surface area contributed by atoms with E-state index in [-0.39, 0.29) is 12.5 Å². The predicted octanol–water partition coefficient (Wildman–Crippen LogP) is 4.90. The highest BCUT2D eigenvalue weighted by molar-refractivity contribution is 6.33. The number of ether oxygens (including phenoxy) is 1. The van der Waals surface area contributed by atoms with Crippen molar-refractivity contribution in [3.63, 3.8) is 0 Å². The Bertz CT molecular complexity index is 753. The standard InChI is InChI=1S/C21H25ClN2O2/c1-15-3-6-18(7-4-15)26-14-21(25)23-17-5-8-20(19(22)13-17)24-11-9-16(2)10-12-24/h3-8,13,16H,9-12,14H2,1-2H3,(H,23,25). The van der Waals surface area contributed by atoms with Crippen LogP contribution in [0.2, 0.25) is 5.02 Å². The molecule has 0 atom stereocenters. The molecule has 26 heavy (non-hydrogen) atoms. The molecule has 0 aromatic heterocycles. The summed E-state index contributed by atoms with van der Waals surface area (Å²) in [4.78, 5) is 14.4. The van der Waals surface area contributed by atoms with Gasteiger partial charge < -0.3 is 15.0 Å². The number of carbonyl (C=O) groups is 1. The number of hydrogen-bond donors (Lipinski definition) is 1. The molecule has 5 heteroatoms. The van der Waals surface area contributed by atoms with E-state index in [1.54, 1.807) is 6.07 Å². The van der Waals surface area contributed by atoms with Gasteiger partial charge in [0, 0.05) is 18.8 Å². The van der Waals surface area contributed by atoms with Gasteiger partial charge in [-0.05, 0) is 56.0 Å². The quantitative estimate of drug-likeness (QED) is 0.811. The molecule has 0 radical (unpaired) electrons. The van der Waals surface area contributed by atoms with Gasteiger partial charge in [-0.15, -0.1) is 0 Å². The minimum absolute atomic E-state index is 0.0353. The van der Waals surface area contributed by atoms with E-state index in [0.29, 0.717) is 16.5 Å². The number of piperidine rings is 1. The van der Waals surface area contributed by atoms with E-state index in [4.69, 9.17) is 16.3 Å². The molecule has 4 nitrogen and oxygen atoms in total. The summed E-state index contributed by atoms with van der Waals surface area (Å²) in [6.45, 7) is 6.31. The van der Waals surface area contributed by atoms with Crippen LogP contribution in [0.4, 0.5) is 11.4 Å². The van der Waals surface area contributed by atoms with Crippen molar-refractivity contribution in [2.75, 3.05) is 29.9 Å². The number of aryl methyl sites for hydroxylation is 1. The molecule has 1 saturated heterocycles. The fraction of sp³-hybridized carbons (Fsp3) is 0.381. The van der Waals surface area contributed by atoms with Crippen molar-refractivity contribution in [1.82, 2.24) is 0 Å². The number of anilines is 2. The van der Waals surface area contributed by atoms with Crippen LogP contribution in [-0.4, -0.2) is 25.6 Å². The molecule has 1 aliphatic heterocycles. The topological polar surface area (TPSA) is 41.6 Å². The maximum atomic E-state index is 12.1. The lowest BCUT2D eigenvalue weighted by atomic mass is 9.99. The Labute approximate surface area is 160 Å². The van der Waals surface area contributed by atoms with Gasteiger partial charge in [0.1, 0.15) is 5.75 Å². The highest BCUT2D eigenvalue weighted by Gasteiger charge is 2.18. The van der Waals surface area contributed by atoms with Crippen molar-refractivity contribution >= 4 is 28.9 Å². The number of amides is 1. The third kappa shape index (κ3) is 4.92. The number of nitrogens with one attached hydrogen (secondary N) is 1. The van der Waals surface area contributed by atoms with Gasteiger partial charge in [0.15, 0.2) is 6.61 Å². The Morgan fingerprint density at radius 2 is 1.88 bits per heavy atom. The van der Waals surface area contributed by atoms with Crippen LogP contribution in [-0.2, 0) is 4.79 Å². The van der Waals surface area contributed by atoms with E-state index in [0.717, 1.165) is 30.3 Å². The molecule has 3 rings (SSSR count). The van der Waals surface area contributed by atoms with Crippen LogP contribution in [0.1, 0.15) is 25.3 Å². The smallest absolute Gasteiger partial charge is 0.262 e. The number of carbonyl (C=O) groups excluding carboxylic acids is 1. The highest BCUT2D eigenvalue weighted by Crippen LogP contribution is 2.31. The van der Waals surface area contributed by atoms with Crippen LogP contribution in [0.15, 0.2) is 42.5 Å². The number of halogens is 1. The molecular weight excluding hydrogens is 348 g/mol. The molecule has 2 aromatic carbocycles. The normalized spacial score (nSPS) is 15.0. The van der Waals surface area contributed by atoms with Crippen molar-refractivity contribution < 1.29 is 9.53 Å². The average molecular weight is 373 g/mol. The highest BCUT2D eigenvalue weighted by atomic mass is 35.5. The molecule has 1 aliphatic rings. The Kier molecular flexibility index (Phi) is 6.04. The summed E-state index contributed by atoms with van der Waals surface area (Å²) in [5, 5.41) is 3.50. The second kappa shape index (κ2) is 8.45. The van der Waals surface area contributed by atoms with Crippen molar-refractivity contribution in [2.45, 2.75) is 26.7 Å². The molecule has 1 amide bonds. The van der Waals surface area contributed by atoms with Crippen molar-refractivity contribution in [1.29, 1.82) is 0 Å². The van der Waals surface area contributed by atoms with E-state index >= 15 is 0 Å². The zero-order chi connectivity index (χ0) is 18.5. The molecule has 0 spiro atoms. The lowest BCUT2D eigenvalue weighted by Gasteiger charge is -2.32. The summed E-state index contributed by atoms with van der Waals surface area (Å²) in [6.07, 6.45) is 2.37. The maximum Gasteiger partial charge on any atom is 0.262 e. The molecule has 1 fully saturated rings. The Hall–Kier alpha value is -2.20. The van der Waals surface area contributed by atoms with Crippen LogP contribution in [0.3, 0.4) is 0 Å². The first kappa shape index (κ1) is 18.6. The van der Waals surface area contributed by atoms with Crippen molar-refractivity contribution in [3.05, 3.63) is 53.1 Å². The lowest BCUT2D eigenvalue weighted by molar-refractivity contribution is -0.118. The zero-order valence-corrected chi connectivity index (χ0v) is 16.1. The molecule has 0 saturated carbocycles. The molecule has 2 aromatic rings. The molecule has 138 valence electrons. The molecule has 0 bridgehead atoms. The Morgan fingerprint density at radius 1 is 1.19 bits per heavy atom. The van der Waals surface area contributed by atoms with Crippen LogP contribution in [0.25, 0.3) is 0 Å². The first-order valence-electron chi connectivity index (χ1n) is 9.05. The van der Waals surface area contributed by atoms with Gasteiger partial charge >= 0.3 is 0 Å². The Balaban J connectivity index is 1.55. The second-order valence-corrected chi connectivity index (χ2v) is 7.39. The van der Waals surface area contributed by atoms with Gasteiger partial charge in [0.2, 0.25) is 0 Å². The zero-order valence-electron chi connectivity index (χ0n) is 15.3. The summed E-state index contributed by atoms with van der Waals surface area (Å²) >= 11 is 6.45. The Morgan fingerprint density at radius 3 is 2.54 bits per heavy atom. The summed E-state index contributed by atoms with van der Waals surface area (Å²) < 4.78 is 5.50. The fourth-order valence-electron chi connectivity index (χ4n) is 3.07. The predicted molar refractivity (Wildman–Crippen MR) is 107 cm³/mol. The fourth-order valence-corrected chi connectivity index (χ4v) is 3.37. The molecule has 1 heterocycles. The number of rotatable bonds is 5. The summed E-state index contributed by atoms with van der Waals surface area (Å²) in [5.74, 6) is 1.25. The molecule has 1 N–H and O–H groups in total. The SMILES string of the molecule is Cc1ccc(OCC(=O)Nc2ccc(N3CCC(C)CC3)c(Cl)c2)cc1. The van der Waals surface area contributed by atoms with Crippen LogP contribution >= 0.6 is 11.6 Å². The van der Waals surface area contributed by atoms with Gasteiger partial charge in [-0.2, -0.15) is 0 Å². The molecular formula is C21H25ClN2O2. The van der Waals surface area contributed by atoms with Crippen molar-refractivity contribution in [2.24, 2.45) is 5.92 Å². The molecule has 0 aliphatic carbocycles. The van der Waals surface area contributed by atoms with Gasteiger partial charge in [0.05, 0.1) is 10.7 Å². The maximum absolute atomic E-state index is 12.1. The van der Waals surface area contributed by atoms with Crippen molar-refractivity contribution in [3.8, 4) is 5.75 Å². The summed E-state index contributed by atoms with van der Waals surface area (Å²) in [7, 11) is 0. The average Bonchev–Trinajstić information content (AvgIpc) is 2.62. The lowest BCUT2D eigenvalue weighted by Crippen LogP contribution is -2.32. The largest absolute Gasteiger partial charge is 0.484 e. The minimum atomic E-state index is -0.207. The van der Waals surface area contributed by atoms with Gasteiger partial charge in [-0.25, -0.2) is 0 Å². The number of hydrogen-bond acceptors (Lipinski definition) is 3. The van der Waals surface area contributed by atoms with E-state index in [2.05, 4.69) is 17.1 Å². The monoisotopic (exact) mass is 372 g/mol. The van der Waals surface area contributed by atoms with Gasteiger partial charge in [-0.1, -0.05) is 36.2 Å².